The summed E-state index contributed by atoms with van der Waals surface area (Å²) >= 11 is 0. The number of amides is 2. The van der Waals surface area contributed by atoms with Crippen molar-refractivity contribution in [1.82, 2.24) is 15.2 Å². The number of nitrogens with zero attached hydrogens (tertiary/aromatic N) is 2. The molecule has 0 aliphatic carbocycles. The maximum absolute atomic E-state index is 12.0. The minimum absolute atomic E-state index is 0.151. The third-order valence-electron chi connectivity index (χ3n) is 2.86. The monoisotopic (exact) mass is 295 g/mol. The molecule has 0 spiro atoms. The van der Waals surface area contributed by atoms with Crippen molar-refractivity contribution >= 4 is 12.0 Å². The van der Waals surface area contributed by atoms with Crippen LogP contribution in [0.3, 0.4) is 0 Å². The van der Waals surface area contributed by atoms with Crippen LogP contribution in [0.15, 0.2) is 18.3 Å². The van der Waals surface area contributed by atoms with Crippen LogP contribution in [0.4, 0.5) is 4.79 Å². The number of carboxylic acids is 1. The Bertz CT molecular complexity index is 479. The number of hydrogen-bond acceptors (Lipinski definition) is 4. The van der Waals surface area contributed by atoms with E-state index < -0.39 is 5.97 Å². The number of carboxylic acid groups (broad SMARTS) is 1. The molecule has 0 radical (unpaired) electrons. The summed E-state index contributed by atoms with van der Waals surface area (Å²) in [6, 6.07) is 2.63. The van der Waals surface area contributed by atoms with Gasteiger partial charge in [-0.05, 0) is 26.0 Å². The predicted octanol–water partition coefficient (Wildman–Crippen LogP) is 1.35. The van der Waals surface area contributed by atoms with Crippen molar-refractivity contribution < 1.29 is 19.4 Å². The van der Waals surface area contributed by atoms with Crippen LogP contribution < -0.4 is 5.32 Å². The number of pyridine rings is 1. The molecule has 0 atom stereocenters. The number of carbonyl (C=O) groups is 2. The first kappa shape index (κ1) is 16.9. The molecule has 116 valence electrons. The van der Waals surface area contributed by atoms with E-state index in [0.717, 1.165) is 0 Å². The molecular formula is C14H21N3O4. The molecule has 0 aliphatic rings. The highest BCUT2D eigenvalue weighted by atomic mass is 16.5. The Hall–Kier alpha value is -2.15. The molecule has 7 nitrogen and oxygen atoms in total. The molecule has 1 aromatic heterocycles. The maximum atomic E-state index is 12.0. The van der Waals surface area contributed by atoms with Crippen molar-refractivity contribution in [2.24, 2.45) is 0 Å². The SMILES string of the molecule is CCOCCN(CC)C(=O)NCc1cc(C(=O)O)ccn1. The average molecular weight is 295 g/mol. The number of rotatable bonds is 8. The topological polar surface area (TPSA) is 91.8 Å². The summed E-state index contributed by atoms with van der Waals surface area (Å²) < 4.78 is 5.22. The summed E-state index contributed by atoms with van der Waals surface area (Å²) in [4.78, 5) is 28.5. The van der Waals surface area contributed by atoms with E-state index in [1.54, 1.807) is 4.90 Å². The van der Waals surface area contributed by atoms with Gasteiger partial charge in [-0.25, -0.2) is 9.59 Å². The lowest BCUT2D eigenvalue weighted by molar-refractivity contribution is 0.0696. The Labute approximate surface area is 123 Å². The van der Waals surface area contributed by atoms with Gasteiger partial charge < -0.3 is 20.1 Å². The Kier molecular flexibility index (Phi) is 7.17. The Morgan fingerprint density at radius 3 is 2.81 bits per heavy atom. The molecule has 2 amide bonds. The lowest BCUT2D eigenvalue weighted by atomic mass is 10.2. The zero-order valence-electron chi connectivity index (χ0n) is 12.3. The zero-order chi connectivity index (χ0) is 15.7. The summed E-state index contributed by atoms with van der Waals surface area (Å²) in [6.07, 6.45) is 1.41. The number of aromatic carboxylic acids is 1. The van der Waals surface area contributed by atoms with Crippen molar-refractivity contribution in [3.63, 3.8) is 0 Å². The van der Waals surface area contributed by atoms with Crippen LogP contribution >= 0.6 is 0 Å². The quantitative estimate of drug-likeness (QED) is 0.706. The van der Waals surface area contributed by atoms with Crippen LogP contribution in [0.25, 0.3) is 0 Å². The van der Waals surface area contributed by atoms with Gasteiger partial charge in [0.2, 0.25) is 0 Å². The van der Waals surface area contributed by atoms with Crippen LogP contribution in [-0.4, -0.2) is 53.3 Å². The number of urea groups is 1. The molecule has 0 unspecified atom stereocenters. The third-order valence-corrected chi connectivity index (χ3v) is 2.86. The highest BCUT2D eigenvalue weighted by Gasteiger charge is 2.11. The molecule has 1 aromatic rings. The first-order valence-corrected chi connectivity index (χ1v) is 6.87. The van der Waals surface area contributed by atoms with Gasteiger partial charge in [0.15, 0.2) is 0 Å². The fourth-order valence-corrected chi connectivity index (χ4v) is 1.71. The summed E-state index contributed by atoms with van der Waals surface area (Å²) in [5.74, 6) is -1.02. The van der Waals surface area contributed by atoms with Crippen molar-refractivity contribution in [2.45, 2.75) is 20.4 Å². The minimum Gasteiger partial charge on any atom is -0.478 e. The molecule has 2 N–H and O–H groups in total. The van der Waals surface area contributed by atoms with E-state index in [1.807, 2.05) is 13.8 Å². The smallest absolute Gasteiger partial charge is 0.335 e. The van der Waals surface area contributed by atoms with Crippen LogP contribution in [0.5, 0.6) is 0 Å². The van der Waals surface area contributed by atoms with Crippen molar-refractivity contribution in [1.29, 1.82) is 0 Å². The molecule has 21 heavy (non-hydrogen) atoms. The first-order chi connectivity index (χ1) is 10.1. The average Bonchev–Trinajstić information content (AvgIpc) is 2.49. The summed E-state index contributed by atoms with van der Waals surface area (Å²) in [5.41, 5.74) is 0.655. The van der Waals surface area contributed by atoms with Crippen LogP contribution in [0.2, 0.25) is 0 Å². The van der Waals surface area contributed by atoms with Gasteiger partial charge in [-0.2, -0.15) is 0 Å². The predicted molar refractivity (Wildman–Crippen MR) is 77.2 cm³/mol. The van der Waals surface area contributed by atoms with Crippen molar-refractivity contribution in [3.05, 3.63) is 29.6 Å². The second-order valence-electron chi connectivity index (χ2n) is 4.28. The lowest BCUT2D eigenvalue weighted by Gasteiger charge is -2.21. The molecule has 1 rings (SSSR count). The summed E-state index contributed by atoms with van der Waals surface area (Å²) in [6.45, 7) is 6.16. The second kappa shape index (κ2) is 8.91. The number of ether oxygens (including phenoxy) is 1. The maximum Gasteiger partial charge on any atom is 0.335 e. The number of aromatic nitrogens is 1. The fourth-order valence-electron chi connectivity index (χ4n) is 1.71. The number of nitrogens with one attached hydrogen (secondary N) is 1. The number of carbonyl (C=O) groups excluding carboxylic acids is 1. The largest absolute Gasteiger partial charge is 0.478 e. The van der Waals surface area contributed by atoms with Crippen LogP contribution in [0.1, 0.15) is 29.9 Å². The molecule has 0 saturated carbocycles. The molecule has 0 saturated heterocycles. The molecule has 0 aromatic carbocycles. The Morgan fingerprint density at radius 1 is 1.43 bits per heavy atom. The molecule has 0 fully saturated rings. The number of likely N-dealkylation sites (N-methyl/N-ethyl adjacent to an activating group) is 1. The first-order valence-electron chi connectivity index (χ1n) is 6.87. The zero-order valence-corrected chi connectivity index (χ0v) is 12.3. The van der Waals surface area contributed by atoms with Gasteiger partial charge in [0.05, 0.1) is 24.4 Å². The summed E-state index contributed by atoms with van der Waals surface area (Å²) in [7, 11) is 0. The van der Waals surface area contributed by atoms with Crippen molar-refractivity contribution in [3.8, 4) is 0 Å². The molecular weight excluding hydrogens is 274 g/mol. The second-order valence-corrected chi connectivity index (χ2v) is 4.28. The van der Waals surface area contributed by atoms with Crippen LogP contribution in [-0.2, 0) is 11.3 Å². The van der Waals surface area contributed by atoms with E-state index in [1.165, 1.54) is 18.3 Å². The Balaban J connectivity index is 2.50. The van der Waals surface area contributed by atoms with E-state index in [4.69, 9.17) is 9.84 Å². The lowest BCUT2D eigenvalue weighted by Crippen LogP contribution is -2.41. The molecule has 0 bridgehead atoms. The third kappa shape index (κ3) is 5.78. The fraction of sp³-hybridized carbons (Fsp3) is 0.500. The van der Waals surface area contributed by atoms with Gasteiger partial charge in [0, 0.05) is 25.9 Å². The van der Waals surface area contributed by atoms with Gasteiger partial charge in [-0.15, -0.1) is 0 Å². The highest BCUT2D eigenvalue weighted by Crippen LogP contribution is 2.02. The van der Waals surface area contributed by atoms with E-state index >= 15 is 0 Å². The van der Waals surface area contributed by atoms with E-state index in [9.17, 15) is 9.59 Å². The number of hydrogen-bond donors (Lipinski definition) is 2. The van der Waals surface area contributed by atoms with E-state index in [-0.39, 0.29) is 18.1 Å². The summed E-state index contributed by atoms with van der Waals surface area (Å²) in [5, 5.41) is 11.6. The minimum atomic E-state index is -1.02. The van der Waals surface area contributed by atoms with Crippen LogP contribution in [0, 0.1) is 0 Å². The molecule has 7 heteroatoms. The van der Waals surface area contributed by atoms with Gasteiger partial charge in [0.25, 0.3) is 0 Å². The standard InChI is InChI=1S/C14H21N3O4/c1-3-17(7-8-21-4-2)14(20)16-10-12-9-11(13(18)19)5-6-15-12/h5-6,9H,3-4,7-8,10H2,1-2H3,(H,16,20)(H,18,19). The Morgan fingerprint density at radius 2 is 2.19 bits per heavy atom. The van der Waals surface area contributed by atoms with Gasteiger partial charge in [-0.1, -0.05) is 0 Å². The van der Waals surface area contributed by atoms with E-state index in [2.05, 4.69) is 10.3 Å². The normalized spacial score (nSPS) is 10.2. The van der Waals surface area contributed by atoms with E-state index in [0.29, 0.717) is 32.0 Å². The molecule has 0 aliphatic heterocycles. The van der Waals surface area contributed by atoms with Crippen molar-refractivity contribution in [2.75, 3.05) is 26.3 Å². The van der Waals surface area contributed by atoms with Gasteiger partial charge >= 0.3 is 12.0 Å². The van der Waals surface area contributed by atoms with Gasteiger partial charge in [0.1, 0.15) is 0 Å². The highest BCUT2D eigenvalue weighted by molar-refractivity contribution is 5.87. The van der Waals surface area contributed by atoms with Gasteiger partial charge in [-0.3, -0.25) is 4.98 Å². The molecule has 1 heterocycles.